The predicted molar refractivity (Wildman–Crippen MR) is 78.0 cm³/mol. The third-order valence-corrected chi connectivity index (χ3v) is 3.42. The van der Waals surface area contributed by atoms with E-state index in [0.29, 0.717) is 18.3 Å². The van der Waals surface area contributed by atoms with E-state index in [-0.39, 0.29) is 16.7 Å². The number of hydrogen-bond donors (Lipinski definition) is 1. The smallest absolute Gasteiger partial charge is 0.311 e. The van der Waals surface area contributed by atoms with E-state index < -0.39 is 0 Å². The molecule has 1 aliphatic rings. The topological polar surface area (TPSA) is 64.4 Å². The average Bonchev–Trinajstić information content (AvgIpc) is 3.21. The van der Waals surface area contributed by atoms with E-state index in [1.165, 1.54) is 12.8 Å². The van der Waals surface area contributed by atoms with Gasteiger partial charge in [0.15, 0.2) is 5.75 Å². The first kappa shape index (κ1) is 14.8. The van der Waals surface area contributed by atoms with E-state index in [4.69, 9.17) is 4.74 Å². The SMILES string of the molecule is CCCC(C)Oc1ccc(CNC2CC2)cc1[N+](=O)[O-]. The van der Waals surface area contributed by atoms with Gasteiger partial charge in [0.05, 0.1) is 11.0 Å². The van der Waals surface area contributed by atoms with Gasteiger partial charge in [-0.1, -0.05) is 19.4 Å². The summed E-state index contributed by atoms with van der Waals surface area (Å²) in [6.07, 6.45) is 4.30. The van der Waals surface area contributed by atoms with E-state index in [9.17, 15) is 10.1 Å². The Morgan fingerprint density at radius 3 is 2.85 bits per heavy atom. The molecule has 0 amide bonds. The Bertz CT molecular complexity index is 472. The lowest BCUT2D eigenvalue weighted by molar-refractivity contribution is -0.386. The Kier molecular flexibility index (Phi) is 4.95. The fraction of sp³-hybridized carbons (Fsp3) is 0.600. The summed E-state index contributed by atoms with van der Waals surface area (Å²) in [6, 6.07) is 5.82. The van der Waals surface area contributed by atoms with Crippen molar-refractivity contribution in [3.05, 3.63) is 33.9 Å². The van der Waals surface area contributed by atoms with E-state index in [1.807, 2.05) is 13.0 Å². The molecule has 0 bridgehead atoms. The summed E-state index contributed by atoms with van der Waals surface area (Å²) in [5.74, 6) is 0.367. The molecule has 0 radical (unpaired) electrons. The van der Waals surface area contributed by atoms with Crippen LogP contribution >= 0.6 is 0 Å². The van der Waals surface area contributed by atoms with Crippen LogP contribution in [0.4, 0.5) is 5.69 Å². The minimum absolute atomic E-state index is 0.00543. The van der Waals surface area contributed by atoms with Crippen molar-refractivity contribution < 1.29 is 9.66 Å². The van der Waals surface area contributed by atoms with Gasteiger partial charge >= 0.3 is 5.69 Å². The summed E-state index contributed by atoms with van der Waals surface area (Å²) in [6.45, 7) is 4.69. The molecule has 2 rings (SSSR count). The highest BCUT2D eigenvalue weighted by Crippen LogP contribution is 2.30. The van der Waals surface area contributed by atoms with Crippen LogP contribution in [0.1, 0.15) is 45.1 Å². The summed E-state index contributed by atoms with van der Waals surface area (Å²) in [4.78, 5) is 10.8. The van der Waals surface area contributed by atoms with Crippen LogP contribution in [0.25, 0.3) is 0 Å². The molecular weight excluding hydrogens is 256 g/mol. The third-order valence-electron chi connectivity index (χ3n) is 3.42. The van der Waals surface area contributed by atoms with Crippen molar-refractivity contribution in [2.75, 3.05) is 0 Å². The molecule has 1 aliphatic carbocycles. The van der Waals surface area contributed by atoms with Gasteiger partial charge in [0.2, 0.25) is 0 Å². The highest BCUT2D eigenvalue weighted by molar-refractivity contribution is 5.48. The van der Waals surface area contributed by atoms with Gasteiger partial charge in [-0.2, -0.15) is 0 Å². The average molecular weight is 278 g/mol. The fourth-order valence-electron chi connectivity index (χ4n) is 2.15. The van der Waals surface area contributed by atoms with Crippen LogP contribution in [-0.2, 0) is 6.54 Å². The molecule has 0 heterocycles. The van der Waals surface area contributed by atoms with Crippen LogP contribution in [0.15, 0.2) is 18.2 Å². The molecule has 0 aromatic heterocycles. The molecule has 1 N–H and O–H groups in total. The van der Waals surface area contributed by atoms with Crippen molar-refractivity contribution >= 4 is 5.69 Å². The maximum Gasteiger partial charge on any atom is 0.311 e. The van der Waals surface area contributed by atoms with Gasteiger partial charge < -0.3 is 10.1 Å². The normalized spacial score (nSPS) is 15.9. The van der Waals surface area contributed by atoms with Crippen molar-refractivity contribution in [2.24, 2.45) is 0 Å². The molecule has 5 heteroatoms. The summed E-state index contributed by atoms with van der Waals surface area (Å²) in [5.41, 5.74) is 0.988. The molecule has 1 aromatic rings. The van der Waals surface area contributed by atoms with Crippen LogP contribution < -0.4 is 10.1 Å². The van der Waals surface area contributed by atoms with Gasteiger partial charge in [-0.15, -0.1) is 0 Å². The minimum atomic E-state index is -0.366. The van der Waals surface area contributed by atoms with Crippen molar-refractivity contribution in [1.29, 1.82) is 0 Å². The third kappa shape index (κ3) is 4.20. The number of ether oxygens (including phenoxy) is 1. The van der Waals surface area contributed by atoms with E-state index in [1.54, 1.807) is 12.1 Å². The zero-order chi connectivity index (χ0) is 14.5. The number of nitro benzene ring substituents is 1. The Balaban J connectivity index is 2.07. The lowest BCUT2D eigenvalue weighted by Gasteiger charge is -2.14. The number of rotatable bonds is 8. The maximum atomic E-state index is 11.2. The van der Waals surface area contributed by atoms with Gasteiger partial charge in [-0.25, -0.2) is 0 Å². The quantitative estimate of drug-likeness (QED) is 0.584. The van der Waals surface area contributed by atoms with Crippen molar-refractivity contribution in [3.8, 4) is 5.75 Å². The Morgan fingerprint density at radius 2 is 2.25 bits per heavy atom. The Labute approximate surface area is 119 Å². The molecule has 20 heavy (non-hydrogen) atoms. The molecule has 1 atom stereocenters. The molecule has 0 spiro atoms. The molecule has 1 unspecified atom stereocenters. The van der Waals surface area contributed by atoms with Gasteiger partial charge in [0.25, 0.3) is 0 Å². The van der Waals surface area contributed by atoms with Crippen molar-refractivity contribution in [1.82, 2.24) is 5.32 Å². The second kappa shape index (κ2) is 6.70. The summed E-state index contributed by atoms with van der Waals surface area (Å²) in [7, 11) is 0. The lowest BCUT2D eigenvalue weighted by Crippen LogP contribution is -2.16. The summed E-state index contributed by atoms with van der Waals surface area (Å²) < 4.78 is 5.68. The maximum absolute atomic E-state index is 11.2. The highest BCUT2D eigenvalue weighted by atomic mass is 16.6. The predicted octanol–water partition coefficient (Wildman–Crippen LogP) is 3.41. The van der Waals surface area contributed by atoms with Gasteiger partial charge in [0, 0.05) is 18.7 Å². The molecule has 0 aliphatic heterocycles. The Hall–Kier alpha value is -1.62. The molecule has 110 valence electrons. The minimum Gasteiger partial charge on any atom is -0.484 e. The van der Waals surface area contributed by atoms with E-state index in [2.05, 4.69) is 12.2 Å². The summed E-state index contributed by atoms with van der Waals surface area (Å²) >= 11 is 0. The first-order chi connectivity index (χ1) is 9.60. The molecule has 5 nitrogen and oxygen atoms in total. The molecular formula is C15H22N2O3. The number of hydrogen-bond acceptors (Lipinski definition) is 4. The zero-order valence-corrected chi connectivity index (χ0v) is 12.1. The zero-order valence-electron chi connectivity index (χ0n) is 12.1. The number of nitro groups is 1. The largest absolute Gasteiger partial charge is 0.484 e. The van der Waals surface area contributed by atoms with Crippen LogP contribution in [0, 0.1) is 10.1 Å². The van der Waals surface area contributed by atoms with Crippen LogP contribution in [-0.4, -0.2) is 17.1 Å². The molecule has 1 aromatic carbocycles. The van der Waals surface area contributed by atoms with Crippen LogP contribution in [0.2, 0.25) is 0 Å². The molecule has 1 saturated carbocycles. The highest BCUT2D eigenvalue weighted by Gasteiger charge is 2.21. The lowest BCUT2D eigenvalue weighted by atomic mass is 10.1. The van der Waals surface area contributed by atoms with Gasteiger partial charge in [0.1, 0.15) is 0 Å². The number of nitrogens with one attached hydrogen (secondary N) is 1. The first-order valence-corrected chi connectivity index (χ1v) is 7.27. The van der Waals surface area contributed by atoms with Gasteiger partial charge in [-0.3, -0.25) is 10.1 Å². The molecule has 0 saturated heterocycles. The second-order valence-corrected chi connectivity index (χ2v) is 5.43. The fourth-order valence-corrected chi connectivity index (χ4v) is 2.15. The Morgan fingerprint density at radius 1 is 1.50 bits per heavy atom. The van der Waals surface area contributed by atoms with E-state index in [0.717, 1.165) is 18.4 Å². The molecule has 1 fully saturated rings. The van der Waals surface area contributed by atoms with Crippen molar-refractivity contribution in [2.45, 2.75) is 58.2 Å². The van der Waals surface area contributed by atoms with Crippen LogP contribution in [0.5, 0.6) is 5.75 Å². The van der Waals surface area contributed by atoms with Crippen LogP contribution in [0.3, 0.4) is 0 Å². The summed E-state index contributed by atoms with van der Waals surface area (Å²) in [5, 5.41) is 14.5. The van der Waals surface area contributed by atoms with Crippen molar-refractivity contribution in [3.63, 3.8) is 0 Å². The van der Waals surface area contributed by atoms with E-state index >= 15 is 0 Å². The first-order valence-electron chi connectivity index (χ1n) is 7.27. The monoisotopic (exact) mass is 278 g/mol. The van der Waals surface area contributed by atoms with Gasteiger partial charge in [-0.05, 0) is 37.8 Å². The second-order valence-electron chi connectivity index (χ2n) is 5.43. The number of benzene rings is 1. The standard InChI is InChI=1S/C15H22N2O3/c1-3-4-11(2)20-15-8-5-12(9-14(15)17(18)19)10-16-13-6-7-13/h5,8-9,11,13,16H,3-4,6-7,10H2,1-2H3. The number of nitrogens with zero attached hydrogens (tertiary/aromatic N) is 1.